The molecule has 1 N–H and O–H groups in total. The van der Waals surface area contributed by atoms with E-state index in [0.29, 0.717) is 17.2 Å². The molecule has 0 saturated heterocycles. The van der Waals surface area contributed by atoms with Crippen LogP contribution in [0.15, 0.2) is 53.4 Å². The number of hydrogen-bond donors (Lipinski definition) is 1. The van der Waals surface area contributed by atoms with Gasteiger partial charge in [-0.2, -0.15) is 0 Å². The summed E-state index contributed by atoms with van der Waals surface area (Å²) in [5.74, 6) is -0.337. The molecule has 0 unspecified atom stereocenters. The summed E-state index contributed by atoms with van der Waals surface area (Å²) in [5.41, 5.74) is 0.376. The second-order valence-electron chi connectivity index (χ2n) is 4.69. The van der Waals surface area contributed by atoms with Gasteiger partial charge in [-0.15, -0.1) is 0 Å². The first kappa shape index (κ1) is 16.8. The van der Waals surface area contributed by atoms with Gasteiger partial charge in [0.1, 0.15) is 17.3 Å². The Morgan fingerprint density at radius 2 is 1.74 bits per heavy atom. The van der Waals surface area contributed by atoms with E-state index in [2.05, 4.69) is 5.32 Å². The molecule has 1 amide bonds. The smallest absolute Gasteiger partial charge is 0.240 e. The fourth-order valence-corrected chi connectivity index (χ4v) is 3.13. The number of carbonyl (C=O) groups excluding carboxylic acids is 1. The van der Waals surface area contributed by atoms with Crippen LogP contribution in [-0.2, 0) is 14.6 Å². The lowest BCUT2D eigenvalue weighted by Crippen LogP contribution is -2.23. The molecule has 0 heterocycles. The normalized spacial score (nSPS) is 10.9. The fourth-order valence-electron chi connectivity index (χ4n) is 1.97. The molecule has 2 aromatic carbocycles. The molecule has 0 saturated carbocycles. The van der Waals surface area contributed by atoms with Crippen molar-refractivity contribution in [2.24, 2.45) is 0 Å². The van der Waals surface area contributed by atoms with Crippen LogP contribution < -0.4 is 14.8 Å². The number of carbonyl (C=O) groups is 1. The number of anilines is 1. The van der Waals surface area contributed by atoms with Crippen molar-refractivity contribution in [1.29, 1.82) is 0 Å². The Kier molecular flexibility index (Phi) is 5.23. The maximum atomic E-state index is 12.2. The standard InChI is InChI=1S/C16H17NO5S/c1-21-12-8-9-14(15(10-12)22-2)17-16(18)11-23(19,20)13-6-4-3-5-7-13/h3-10H,11H2,1-2H3,(H,17,18). The average Bonchev–Trinajstić information content (AvgIpc) is 2.55. The summed E-state index contributed by atoms with van der Waals surface area (Å²) in [6, 6.07) is 12.7. The van der Waals surface area contributed by atoms with Crippen LogP contribution in [0.5, 0.6) is 11.5 Å². The highest BCUT2D eigenvalue weighted by atomic mass is 32.2. The zero-order valence-corrected chi connectivity index (χ0v) is 13.6. The van der Waals surface area contributed by atoms with Gasteiger partial charge in [0.2, 0.25) is 5.91 Å². The van der Waals surface area contributed by atoms with E-state index in [0.717, 1.165) is 0 Å². The highest BCUT2D eigenvalue weighted by Crippen LogP contribution is 2.29. The van der Waals surface area contributed by atoms with Crippen LogP contribution in [0.4, 0.5) is 5.69 Å². The van der Waals surface area contributed by atoms with Gasteiger partial charge < -0.3 is 14.8 Å². The summed E-state index contributed by atoms with van der Waals surface area (Å²) in [6.45, 7) is 0. The Bertz CT molecular complexity index is 787. The highest BCUT2D eigenvalue weighted by molar-refractivity contribution is 7.92. The lowest BCUT2D eigenvalue weighted by molar-refractivity contribution is -0.113. The highest BCUT2D eigenvalue weighted by Gasteiger charge is 2.20. The van der Waals surface area contributed by atoms with E-state index >= 15 is 0 Å². The van der Waals surface area contributed by atoms with Gasteiger partial charge in [-0.25, -0.2) is 8.42 Å². The topological polar surface area (TPSA) is 81.7 Å². The second kappa shape index (κ2) is 7.15. The van der Waals surface area contributed by atoms with Gasteiger partial charge in [0.15, 0.2) is 9.84 Å². The van der Waals surface area contributed by atoms with Crippen molar-refractivity contribution >= 4 is 21.4 Å². The van der Waals surface area contributed by atoms with E-state index in [-0.39, 0.29) is 4.90 Å². The number of nitrogens with one attached hydrogen (secondary N) is 1. The first-order valence-corrected chi connectivity index (χ1v) is 8.41. The molecule has 0 aliphatic rings. The zero-order chi connectivity index (χ0) is 16.9. The summed E-state index contributed by atoms with van der Waals surface area (Å²) >= 11 is 0. The molecule has 122 valence electrons. The Morgan fingerprint density at radius 1 is 1.04 bits per heavy atom. The molecule has 0 radical (unpaired) electrons. The number of benzene rings is 2. The molecule has 6 nitrogen and oxygen atoms in total. The molecule has 0 aliphatic heterocycles. The van der Waals surface area contributed by atoms with E-state index in [4.69, 9.17) is 9.47 Å². The number of sulfone groups is 1. The molecule has 7 heteroatoms. The number of hydrogen-bond acceptors (Lipinski definition) is 5. The van der Waals surface area contributed by atoms with Gasteiger partial charge in [-0.1, -0.05) is 18.2 Å². The summed E-state index contributed by atoms with van der Waals surface area (Å²) in [6.07, 6.45) is 0. The van der Waals surface area contributed by atoms with Crippen molar-refractivity contribution < 1.29 is 22.7 Å². The lowest BCUT2D eigenvalue weighted by Gasteiger charge is -2.11. The van der Waals surface area contributed by atoms with Gasteiger partial charge in [-0.3, -0.25) is 4.79 Å². The Morgan fingerprint density at radius 3 is 2.35 bits per heavy atom. The third-order valence-corrected chi connectivity index (χ3v) is 4.74. The van der Waals surface area contributed by atoms with Crippen molar-refractivity contribution in [2.75, 3.05) is 25.3 Å². The summed E-state index contributed by atoms with van der Waals surface area (Å²) < 4.78 is 34.6. The van der Waals surface area contributed by atoms with E-state index < -0.39 is 21.5 Å². The molecular formula is C16H17NO5S. The van der Waals surface area contributed by atoms with E-state index in [1.54, 1.807) is 36.4 Å². The van der Waals surface area contributed by atoms with Crippen LogP contribution in [0.2, 0.25) is 0 Å². The van der Waals surface area contributed by atoms with E-state index in [1.165, 1.54) is 26.4 Å². The van der Waals surface area contributed by atoms with Crippen molar-refractivity contribution in [1.82, 2.24) is 0 Å². The van der Waals surface area contributed by atoms with Gasteiger partial charge in [-0.05, 0) is 24.3 Å². The molecule has 0 spiro atoms. The third-order valence-electron chi connectivity index (χ3n) is 3.11. The van der Waals surface area contributed by atoms with Gasteiger partial charge in [0.25, 0.3) is 0 Å². The molecule has 23 heavy (non-hydrogen) atoms. The van der Waals surface area contributed by atoms with Crippen molar-refractivity contribution in [3.05, 3.63) is 48.5 Å². The minimum absolute atomic E-state index is 0.108. The largest absolute Gasteiger partial charge is 0.497 e. The number of rotatable bonds is 6. The van der Waals surface area contributed by atoms with Crippen LogP contribution in [0.1, 0.15) is 0 Å². The van der Waals surface area contributed by atoms with Crippen LogP contribution in [-0.4, -0.2) is 34.3 Å². The monoisotopic (exact) mass is 335 g/mol. The lowest BCUT2D eigenvalue weighted by atomic mass is 10.2. The minimum atomic E-state index is -3.69. The van der Waals surface area contributed by atoms with Crippen LogP contribution >= 0.6 is 0 Å². The minimum Gasteiger partial charge on any atom is -0.497 e. The molecule has 0 bridgehead atoms. The van der Waals surface area contributed by atoms with Crippen LogP contribution in [0, 0.1) is 0 Å². The van der Waals surface area contributed by atoms with Crippen LogP contribution in [0.3, 0.4) is 0 Å². The summed E-state index contributed by atoms with van der Waals surface area (Å²) in [7, 11) is -0.727. The van der Waals surface area contributed by atoms with Crippen molar-refractivity contribution in [2.45, 2.75) is 4.90 Å². The molecular weight excluding hydrogens is 318 g/mol. The Balaban J connectivity index is 2.14. The van der Waals surface area contributed by atoms with Gasteiger partial charge >= 0.3 is 0 Å². The van der Waals surface area contributed by atoms with Gasteiger partial charge in [0.05, 0.1) is 24.8 Å². The predicted octanol–water partition coefficient (Wildman–Crippen LogP) is 2.12. The zero-order valence-electron chi connectivity index (χ0n) is 12.8. The average molecular weight is 335 g/mol. The molecule has 0 aromatic heterocycles. The third kappa shape index (κ3) is 4.23. The maximum Gasteiger partial charge on any atom is 0.240 e. The van der Waals surface area contributed by atoms with Crippen molar-refractivity contribution in [3.8, 4) is 11.5 Å². The first-order chi connectivity index (χ1) is 11.0. The molecule has 0 fully saturated rings. The first-order valence-electron chi connectivity index (χ1n) is 6.76. The molecule has 2 rings (SSSR count). The number of methoxy groups -OCH3 is 2. The number of amides is 1. The maximum absolute atomic E-state index is 12.2. The van der Waals surface area contributed by atoms with Crippen molar-refractivity contribution in [3.63, 3.8) is 0 Å². The predicted molar refractivity (Wildman–Crippen MR) is 86.7 cm³/mol. The molecule has 0 atom stereocenters. The summed E-state index contributed by atoms with van der Waals surface area (Å²) in [4.78, 5) is 12.2. The summed E-state index contributed by atoms with van der Waals surface area (Å²) in [5, 5.41) is 2.54. The molecule has 2 aromatic rings. The quantitative estimate of drug-likeness (QED) is 0.874. The van der Waals surface area contributed by atoms with Crippen LogP contribution in [0.25, 0.3) is 0 Å². The van der Waals surface area contributed by atoms with Gasteiger partial charge in [0, 0.05) is 6.07 Å². The Labute approximate surface area is 135 Å². The second-order valence-corrected chi connectivity index (χ2v) is 6.68. The van der Waals surface area contributed by atoms with E-state index in [9.17, 15) is 13.2 Å². The fraction of sp³-hybridized carbons (Fsp3) is 0.188. The molecule has 0 aliphatic carbocycles. The SMILES string of the molecule is COc1ccc(NC(=O)CS(=O)(=O)c2ccccc2)c(OC)c1. The number of ether oxygens (including phenoxy) is 2. The Hall–Kier alpha value is -2.54. The van der Waals surface area contributed by atoms with E-state index in [1.807, 2.05) is 0 Å².